The van der Waals surface area contributed by atoms with Crippen molar-refractivity contribution < 1.29 is 4.57 Å². The molecule has 2 aromatic rings. The molecule has 0 saturated carbocycles. The summed E-state index contributed by atoms with van der Waals surface area (Å²) in [5.41, 5.74) is 3.68. The van der Waals surface area contributed by atoms with Crippen molar-refractivity contribution in [1.82, 2.24) is 0 Å². The van der Waals surface area contributed by atoms with Gasteiger partial charge in [-0.2, -0.15) is 0 Å². The molecule has 0 spiro atoms. The lowest BCUT2D eigenvalue weighted by atomic mass is 10.1. The molecule has 0 fully saturated rings. The quantitative estimate of drug-likeness (QED) is 0.392. The largest absolute Gasteiger partial charge is 0.378 e. The molecule has 0 saturated heterocycles. The van der Waals surface area contributed by atoms with E-state index >= 15 is 0 Å². The van der Waals surface area contributed by atoms with Gasteiger partial charge in [0, 0.05) is 37.7 Å². The van der Waals surface area contributed by atoms with Crippen LogP contribution in [0.15, 0.2) is 48.8 Å². The SMILES string of the molecule is CCSSCC[n+]1ccc(/C=C/c2ccc(N(C)C)cc2)cc1. The topological polar surface area (TPSA) is 7.12 Å². The van der Waals surface area contributed by atoms with Gasteiger partial charge in [-0.3, -0.25) is 0 Å². The number of aryl methyl sites for hydroxylation is 1. The molecule has 0 aliphatic rings. The number of hydrogen-bond acceptors (Lipinski definition) is 3. The van der Waals surface area contributed by atoms with Crippen LogP contribution in [-0.4, -0.2) is 25.6 Å². The van der Waals surface area contributed by atoms with Crippen molar-refractivity contribution in [2.45, 2.75) is 13.5 Å². The number of anilines is 1. The average Bonchev–Trinajstić information content (AvgIpc) is 2.58. The van der Waals surface area contributed by atoms with E-state index in [1.54, 1.807) is 0 Å². The number of nitrogens with zero attached hydrogens (tertiary/aromatic N) is 2. The van der Waals surface area contributed by atoms with Crippen LogP contribution < -0.4 is 9.47 Å². The summed E-state index contributed by atoms with van der Waals surface area (Å²) >= 11 is 0. The summed E-state index contributed by atoms with van der Waals surface area (Å²) in [5, 5.41) is 0. The maximum atomic E-state index is 2.24. The van der Waals surface area contributed by atoms with Crippen molar-refractivity contribution >= 4 is 39.4 Å². The van der Waals surface area contributed by atoms with Crippen LogP contribution in [0.3, 0.4) is 0 Å². The van der Waals surface area contributed by atoms with E-state index in [0.717, 1.165) is 12.3 Å². The van der Waals surface area contributed by atoms with Gasteiger partial charge < -0.3 is 4.90 Å². The van der Waals surface area contributed by atoms with Crippen LogP contribution in [0.4, 0.5) is 5.69 Å². The van der Waals surface area contributed by atoms with Crippen molar-refractivity contribution in [3.63, 3.8) is 0 Å². The molecule has 1 heterocycles. The van der Waals surface area contributed by atoms with Gasteiger partial charge in [0.15, 0.2) is 18.9 Å². The van der Waals surface area contributed by atoms with E-state index in [9.17, 15) is 0 Å². The molecule has 4 heteroatoms. The van der Waals surface area contributed by atoms with Crippen molar-refractivity contribution in [2.75, 3.05) is 30.5 Å². The second-order valence-corrected chi connectivity index (χ2v) is 8.29. The second-order valence-electron chi connectivity index (χ2n) is 5.42. The van der Waals surface area contributed by atoms with E-state index in [4.69, 9.17) is 0 Å². The van der Waals surface area contributed by atoms with Gasteiger partial charge in [0.25, 0.3) is 0 Å². The lowest BCUT2D eigenvalue weighted by Crippen LogP contribution is -2.33. The lowest BCUT2D eigenvalue weighted by Gasteiger charge is -2.11. The van der Waals surface area contributed by atoms with Gasteiger partial charge in [-0.05, 0) is 23.3 Å². The zero-order chi connectivity index (χ0) is 16.5. The third-order valence-electron chi connectivity index (χ3n) is 3.43. The molecular formula is C19H25N2S2+. The molecule has 0 bridgehead atoms. The van der Waals surface area contributed by atoms with Crippen LogP contribution >= 0.6 is 21.6 Å². The Kier molecular flexibility index (Phi) is 7.56. The molecule has 2 rings (SSSR count). The Morgan fingerprint density at radius 3 is 2.09 bits per heavy atom. The monoisotopic (exact) mass is 345 g/mol. The first-order chi connectivity index (χ1) is 11.2. The Labute approximate surface area is 148 Å². The van der Waals surface area contributed by atoms with Crippen molar-refractivity contribution in [3.05, 3.63) is 59.9 Å². The van der Waals surface area contributed by atoms with Gasteiger partial charge in [-0.15, -0.1) is 0 Å². The first-order valence-corrected chi connectivity index (χ1v) is 10.4. The smallest absolute Gasteiger partial charge is 0.169 e. The van der Waals surface area contributed by atoms with Crippen LogP contribution in [0.2, 0.25) is 0 Å². The van der Waals surface area contributed by atoms with Gasteiger partial charge in [-0.25, -0.2) is 4.57 Å². The van der Waals surface area contributed by atoms with E-state index in [0.29, 0.717) is 0 Å². The number of hydrogen-bond donors (Lipinski definition) is 0. The third-order valence-corrected chi connectivity index (χ3v) is 5.89. The summed E-state index contributed by atoms with van der Waals surface area (Å²) in [6.07, 6.45) is 8.64. The summed E-state index contributed by atoms with van der Waals surface area (Å²) in [6, 6.07) is 12.9. The maximum Gasteiger partial charge on any atom is 0.169 e. The van der Waals surface area contributed by atoms with Gasteiger partial charge >= 0.3 is 0 Å². The molecule has 2 nitrogen and oxygen atoms in total. The van der Waals surface area contributed by atoms with Crippen molar-refractivity contribution in [1.29, 1.82) is 0 Å². The van der Waals surface area contributed by atoms with Gasteiger partial charge in [0.05, 0.1) is 5.75 Å². The summed E-state index contributed by atoms with van der Waals surface area (Å²) in [7, 11) is 7.99. The fraction of sp³-hybridized carbons (Fsp3) is 0.316. The molecule has 23 heavy (non-hydrogen) atoms. The minimum absolute atomic E-state index is 1.06. The molecule has 0 radical (unpaired) electrons. The number of benzene rings is 1. The van der Waals surface area contributed by atoms with E-state index in [1.807, 2.05) is 21.6 Å². The van der Waals surface area contributed by atoms with E-state index in [-0.39, 0.29) is 0 Å². The Balaban J connectivity index is 1.89. The predicted octanol–water partition coefficient (Wildman–Crippen LogP) is 4.61. The molecule has 0 atom stereocenters. The van der Waals surface area contributed by atoms with Crippen LogP contribution in [0.1, 0.15) is 18.1 Å². The fourth-order valence-corrected chi connectivity index (χ4v) is 3.74. The highest BCUT2D eigenvalue weighted by molar-refractivity contribution is 8.76. The molecule has 0 unspecified atom stereocenters. The Morgan fingerprint density at radius 2 is 1.52 bits per heavy atom. The molecule has 122 valence electrons. The molecule has 1 aromatic carbocycles. The summed E-state index contributed by atoms with van der Waals surface area (Å²) in [6.45, 7) is 3.26. The van der Waals surface area contributed by atoms with Crippen molar-refractivity contribution in [2.24, 2.45) is 0 Å². The van der Waals surface area contributed by atoms with Gasteiger partial charge in [0.1, 0.15) is 0 Å². The number of pyridine rings is 1. The van der Waals surface area contributed by atoms with Gasteiger partial charge in [-0.1, -0.05) is 52.8 Å². The standard InChI is InChI=1S/C19H25N2S2/c1-4-22-23-16-15-21-13-11-18(12-14-21)6-5-17-7-9-19(10-8-17)20(2)3/h5-14H,4,15-16H2,1-3H3/q+1. The molecule has 0 N–H and O–H groups in total. The van der Waals surface area contributed by atoms with Crippen LogP contribution in [0, 0.1) is 0 Å². The third kappa shape index (κ3) is 6.32. The van der Waals surface area contributed by atoms with Crippen LogP contribution in [-0.2, 0) is 6.54 Å². The van der Waals surface area contributed by atoms with E-state index in [2.05, 4.69) is 91.4 Å². The van der Waals surface area contributed by atoms with Crippen LogP contribution in [0.5, 0.6) is 0 Å². The van der Waals surface area contributed by atoms with E-state index in [1.165, 1.54) is 22.6 Å². The van der Waals surface area contributed by atoms with E-state index < -0.39 is 0 Å². The minimum atomic E-state index is 1.06. The Morgan fingerprint density at radius 1 is 0.913 bits per heavy atom. The highest BCUT2D eigenvalue weighted by atomic mass is 33.1. The molecule has 1 aromatic heterocycles. The Hall–Kier alpha value is -1.39. The first-order valence-electron chi connectivity index (χ1n) is 7.88. The van der Waals surface area contributed by atoms with Crippen molar-refractivity contribution in [3.8, 4) is 0 Å². The second kappa shape index (κ2) is 9.68. The number of aromatic nitrogens is 1. The number of rotatable bonds is 8. The fourth-order valence-electron chi connectivity index (χ4n) is 2.09. The lowest BCUT2D eigenvalue weighted by molar-refractivity contribution is -0.692. The van der Waals surface area contributed by atoms with Crippen LogP contribution in [0.25, 0.3) is 12.2 Å². The zero-order valence-electron chi connectivity index (χ0n) is 14.1. The van der Waals surface area contributed by atoms with Gasteiger partial charge in [0.2, 0.25) is 0 Å². The molecule has 0 aliphatic heterocycles. The maximum absolute atomic E-state index is 2.24. The molecular weight excluding hydrogens is 320 g/mol. The normalized spacial score (nSPS) is 11.1. The zero-order valence-corrected chi connectivity index (χ0v) is 15.7. The minimum Gasteiger partial charge on any atom is -0.378 e. The summed E-state index contributed by atoms with van der Waals surface area (Å²) < 4.78 is 2.24. The predicted molar refractivity (Wildman–Crippen MR) is 107 cm³/mol. The summed E-state index contributed by atoms with van der Waals surface area (Å²) in [5.74, 6) is 2.32. The average molecular weight is 346 g/mol. The molecule has 0 aliphatic carbocycles. The summed E-state index contributed by atoms with van der Waals surface area (Å²) in [4.78, 5) is 2.11. The first kappa shape index (κ1) is 18.0. The molecule has 0 amide bonds. The highest BCUT2D eigenvalue weighted by Crippen LogP contribution is 2.19. The highest BCUT2D eigenvalue weighted by Gasteiger charge is 2.00. The Bertz CT molecular complexity index is 604.